The van der Waals surface area contributed by atoms with Crippen LogP contribution in [0.1, 0.15) is 59.3 Å². The van der Waals surface area contributed by atoms with Crippen LogP contribution in [-0.4, -0.2) is 25.3 Å². The minimum atomic E-state index is 0.573. The topological polar surface area (TPSA) is 21.3 Å². The van der Waals surface area contributed by atoms with Gasteiger partial charge >= 0.3 is 0 Å². The van der Waals surface area contributed by atoms with Crippen molar-refractivity contribution in [2.45, 2.75) is 71.4 Å². The van der Waals surface area contributed by atoms with Crippen LogP contribution in [0.25, 0.3) is 0 Å². The molecule has 2 heteroatoms. The Morgan fingerprint density at radius 2 is 1.94 bits per heavy atom. The molecule has 96 valence electrons. The number of rotatable bonds is 9. The van der Waals surface area contributed by atoms with Crippen molar-refractivity contribution in [3.8, 4) is 0 Å². The Kier molecular flexibility index (Phi) is 7.06. The second-order valence-corrected chi connectivity index (χ2v) is 5.09. The molecule has 0 aliphatic heterocycles. The van der Waals surface area contributed by atoms with E-state index in [1.54, 1.807) is 0 Å². The van der Waals surface area contributed by atoms with Gasteiger partial charge in [-0.2, -0.15) is 0 Å². The first kappa shape index (κ1) is 14.0. The predicted molar refractivity (Wildman–Crippen MR) is 69.7 cm³/mol. The monoisotopic (exact) mass is 227 g/mol. The molecule has 0 amide bonds. The molecule has 1 saturated carbocycles. The number of hydrogen-bond donors (Lipinski definition) is 1. The average Bonchev–Trinajstić information content (AvgIpc) is 2.23. The maximum Gasteiger partial charge on any atom is 0.0580 e. The molecule has 1 rings (SSSR count). The van der Waals surface area contributed by atoms with Crippen LogP contribution in [-0.2, 0) is 4.74 Å². The minimum Gasteiger partial charge on any atom is -0.378 e. The van der Waals surface area contributed by atoms with E-state index in [1.807, 2.05) is 0 Å². The highest BCUT2D eigenvalue weighted by molar-refractivity contribution is 4.84. The lowest BCUT2D eigenvalue weighted by Gasteiger charge is -2.37. The van der Waals surface area contributed by atoms with Crippen molar-refractivity contribution < 1.29 is 4.74 Å². The van der Waals surface area contributed by atoms with Crippen LogP contribution in [0.15, 0.2) is 0 Å². The van der Waals surface area contributed by atoms with Crippen molar-refractivity contribution in [3.05, 3.63) is 0 Å². The molecular formula is C14H29NO. The average molecular weight is 227 g/mol. The molecule has 1 aliphatic rings. The Hall–Kier alpha value is -0.0800. The Morgan fingerprint density at radius 3 is 2.50 bits per heavy atom. The van der Waals surface area contributed by atoms with Gasteiger partial charge in [-0.05, 0) is 51.5 Å². The van der Waals surface area contributed by atoms with E-state index in [4.69, 9.17) is 4.74 Å². The van der Waals surface area contributed by atoms with Gasteiger partial charge in [0.2, 0.25) is 0 Å². The van der Waals surface area contributed by atoms with Crippen molar-refractivity contribution in [1.29, 1.82) is 0 Å². The zero-order valence-electron chi connectivity index (χ0n) is 11.3. The first-order valence-corrected chi connectivity index (χ1v) is 7.15. The third-order valence-electron chi connectivity index (χ3n) is 3.53. The van der Waals surface area contributed by atoms with Crippen molar-refractivity contribution in [1.82, 2.24) is 5.32 Å². The predicted octanol–water partition coefficient (Wildman–Crippen LogP) is 3.36. The molecule has 0 saturated heterocycles. The van der Waals surface area contributed by atoms with Gasteiger partial charge in [-0.1, -0.05) is 20.3 Å². The van der Waals surface area contributed by atoms with Gasteiger partial charge in [0.15, 0.2) is 0 Å². The fourth-order valence-corrected chi connectivity index (χ4v) is 2.64. The van der Waals surface area contributed by atoms with Crippen LogP contribution in [0.3, 0.4) is 0 Å². The number of hydrogen-bond acceptors (Lipinski definition) is 2. The maximum atomic E-state index is 5.61. The lowest BCUT2D eigenvalue weighted by atomic mass is 9.77. The Bertz CT molecular complexity index is 166. The summed E-state index contributed by atoms with van der Waals surface area (Å²) in [5, 5.41) is 3.68. The normalized spacial score (nSPS) is 26.4. The van der Waals surface area contributed by atoms with Crippen LogP contribution in [0, 0.1) is 5.92 Å². The summed E-state index contributed by atoms with van der Waals surface area (Å²) < 4.78 is 5.61. The zero-order valence-corrected chi connectivity index (χ0v) is 11.3. The van der Waals surface area contributed by atoms with E-state index in [-0.39, 0.29) is 0 Å². The highest BCUT2D eigenvalue weighted by Crippen LogP contribution is 2.34. The second kappa shape index (κ2) is 8.08. The third-order valence-corrected chi connectivity index (χ3v) is 3.53. The molecule has 1 aliphatic carbocycles. The molecule has 0 heterocycles. The van der Waals surface area contributed by atoms with E-state index in [2.05, 4.69) is 26.1 Å². The minimum absolute atomic E-state index is 0.573. The highest BCUT2D eigenvalue weighted by atomic mass is 16.5. The largest absolute Gasteiger partial charge is 0.378 e. The molecule has 0 spiro atoms. The molecule has 1 unspecified atom stereocenters. The standard InChI is InChI=1S/C14H29NO/c1-4-7-13(15-8-5-2)9-12-10-14(11-12)16-6-3/h12-15H,4-11H2,1-3H3. The van der Waals surface area contributed by atoms with Crippen LogP contribution in [0.5, 0.6) is 0 Å². The molecule has 0 aromatic rings. The molecule has 0 bridgehead atoms. The fourth-order valence-electron chi connectivity index (χ4n) is 2.64. The Labute approximate surface area is 101 Å². The van der Waals surface area contributed by atoms with Crippen molar-refractivity contribution in [3.63, 3.8) is 0 Å². The molecule has 16 heavy (non-hydrogen) atoms. The van der Waals surface area contributed by atoms with Gasteiger partial charge in [0, 0.05) is 12.6 Å². The Balaban J connectivity index is 2.12. The van der Waals surface area contributed by atoms with Gasteiger partial charge < -0.3 is 10.1 Å². The summed E-state index contributed by atoms with van der Waals surface area (Å²) >= 11 is 0. The Morgan fingerprint density at radius 1 is 1.19 bits per heavy atom. The lowest BCUT2D eigenvalue weighted by molar-refractivity contribution is -0.0292. The molecule has 0 aromatic carbocycles. The summed E-state index contributed by atoms with van der Waals surface area (Å²) in [5.74, 6) is 0.914. The summed E-state index contributed by atoms with van der Waals surface area (Å²) in [6.45, 7) is 8.67. The van der Waals surface area contributed by atoms with E-state index in [9.17, 15) is 0 Å². The van der Waals surface area contributed by atoms with Gasteiger partial charge in [-0.15, -0.1) is 0 Å². The van der Waals surface area contributed by atoms with Crippen molar-refractivity contribution in [2.75, 3.05) is 13.2 Å². The second-order valence-electron chi connectivity index (χ2n) is 5.09. The summed E-state index contributed by atoms with van der Waals surface area (Å²) in [5.41, 5.74) is 0. The van der Waals surface area contributed by atoms with Crippen LogP contribution in [0.4, 0.5) is 0 Å². The first-order chi connectivity index (χ1) is 7.80. The number of ether oxygens (including phenoxy) is 1. The molecule has 1 fully saturated rings. The fraction of sp³-hybridized carbons (Fsp3) is 1.00. The quantitative estimate of drug-likeness (QED) is 0.652. The molecular weight excluding hydrogens is 198 g/mol. The smallest absolute Gasteiger partial charge is 0.0580 e. The van der Waals surface area contributed by atoms with Gasteiger partial charge in [-0.25, -0.2) is 0 Å². The summed E-state index contributed by atoms with van der Waals surface area (Å²) in [6.07, 6.45) is 8.38. The summed E-state index contributed by atoms with van der Waals surface area (Å²) in [4.78, 5) is 0. The first-order valence-electron chi connectivity index (χ1n) is 7.15. The molecule has 2 nitrogen and oxygen atoms in total. The van der Waals surface area contributed by atoms with E-state index >= 15 is 0 Å². The molecule has 0 radical (unpaired) electrons. The van der Waals surface area contributed by atoms with Crippen LogP contribution >= 0.6 is 0 Å². The third kappa shape index (κ3) is 4.84. The van der Waals surface area contributed by atoms with Gasteiger partial charge in [0.1, 0.15) is 0 Å². The summed E-state index contributed by atoms with van der Waals surface area (Å²) in [7, 11) is 0. The molecule has 1 N–H and O–H groups in total. The van der Waals surface area contributed by atoms with Crippen LogP contribution in [0.2, 0.25) is 0 Å². The van der Waals surface area contributed by atoms with Gasteiger partial charge in [0.05, 0.1) is 6.10 Å². The van der Waals surface area contributed by atoms with Gasteiger partial charge in [-0.3, -0.25) is 0 Å². The van der Waals surface area contributed by atoms with Crippen molar-refractivity contribution in [2.24, 2.45) is 5.92 Å². The molecule has 1 atom stereocenters. The van der Waals surface area contributed by atoms with Crippen LogP contribution < -0.4 is 5.32 Å². The zero-order chi connectivity index (χ0) is 11.8. The summed E-state index contributed by atoms with van der Waals surface area (Å²) in [6, 6.07) is 0.748. The maximum absolute atomic E-state index is 5.61. The highest BCUT2D eigenvalue weighted by Gasteiger charge is 2.30. The van der Waals surface area contributed by atoms with E-state index in [1.165, 1.54) is 45.1 Å². The lowest BCUT2D eigenvalue weighted by Crippen LogP contribution is -2.38. The van der Waals surface area contributed by atoms with Gasteiger partial charge in [0.25, 0.3) is 0 Å². The van der Waals surface area contributed by atoms with Crippen molar-refractivity contribution >= 4 is 0 Å². The number of nitrogens with one attached hydrogen (secondary N) is 1. The molecule has 0 aromatic heterocycles. The van der Waals surface area contributed by atoms with E-state index in [0.717, 1.165) is 18.6 Å². The van der Waals surface area contributed by atoms with E-state index < -0.39 is 0 Å². The SMILES string of the molecule is CCCNC(CCC)CC1CC(OCC)C1. The van der Waals surface area contributed by atoms with E-state index in [0.29, 0.717) is 6.10 Å².